The van der Waals surface area contributed by atoms with Gasteiger partial charge in [0, 0.05) is 7.05 Å². The number of rotatable bonds is 7. The molecule has 9 heteroatoms. The third kappa shape index (κ3) is 4.97. The lowest BCUT2D eigenvalue weighted by atomic mass is 10.0. The highest BCUT2D eigenvalue weighted by molar-refractivity contribution is 7.89. The molecule has 0 atom stereocenters. The predicted octanol–water partition coefficient (Wildman–Crippen LogP) is 4.38. The minimum absolute atomic E-state index is 0.00674. The van der Waals surface area contributed by atoms with Crippen molar-refractivity contribution >= 4 is 44.8 Å². The Balaban J connectivity index is 2.27. The maximum Gasteiger partial charge on any atom is 0.246 e. The van der Waals surface area contributed by atoms with E-state index in [4.69, 9.17) is 27.9 Å². The van der Waals surface area contributed by atoms with Crippen molar-refractivity contribution in [3.8, 4) is 5.75 Å². The molecule has 0 aromatic heterocycles. The molecule has 0 bridgehead atoms. The molecule has 0 saturated carbocycles. The fourth-order valence-electron chi connectivity index (χ4n) is 2.51. The zero-order valence-electron chi connectivity index (χ0n) is 16.0. The van der Waals surface area contributed by atoms with Gasteiger partial charge >= 0.3 is 0 Å². The van der Waals surface area contributed by atoms with Crippen molar-refractivity contribution in [3.63, 3.8) is 0 Å². The third-order valence-corrected chi connectivity index (χ3v) is 6.59. The quantitative estimate of drug-likeness (QED) is 0.686. The average molecular weight is 445 g/mol. The average Bonchev–Trinajstić information content (AvgIpc) is 2.64. The Morgan fingerprint density at radius 1 is 1.18 bits per heavy atom. The zero-order valence-corrected chi connectivity index (χ0v) is 18.3. The van der Waals surface area contributed by atoms with E-state index in [-0.39, 0.29) is 32.3 Å². The van der Waals surface area contributed by atoms with Crippen LogP contribution in [0.5, 0.6) is 5.75 Å². The van der Waals surface area contributed by atoms with E-state index in [9.17, 15) is 13.2 Å². The van der Waals surface area contributed by atoms with Gasteiger partial charge in [0.15, 0.2) is 0 Å². The molecule has 0 aliphatic heterocycles. The Morgan fingerprint density at radius 2 is 1.79 bits per heavy atom. The highest BCUT2D eigenvalue weighted by Crippen LogP contribution is 2.31. The van der Waals surface area contributed by atoms with Gasteiger partial charge in [-0.15, -0.1) is 0 Å². The number of sulfonamides is 1. The second kappa shape index (κ2) is 9.13. The molecule has 6 nitrogen and oxygen atoms in total. The lowest BCUT2D eigenvalue weighted by molar-refractivity contribution is -0.116. The number of ether oxygens (including phenoxy) is 1. The van der Waals surface area contributed by atoms with Crippen molar-refractivity contribution in [2.45, 2.75) is 24.7 Å². The number of nitrogens with one attached hydrogen (secondary N) is 1. The smallest absolute Gasteiger partial charge is 0.246 e. The van der Waals surface area contributed by atoms with Gasteiger partial charge < -0.3 is 10.1 Å². The number of nitrogens with zero attached hydrogens (tertiary/aromatic N) is 1. The van der Waals surface area contributed by atoms with E-state index in [1.54, 1.807) is 30.3 Å². The number of hydrogen-bond donors (Lipinski definition) is 1. The molecule has 1 amide bonds. The predicted molar refractivity (Wildman–Crippen MR) is 112 cm³/mol. The lowest BCUT2D eigenvalue weighted by Crippen LogP contribution is -2.35. The number of methoxy groups -OCH3 is 1. The van der Waals surface area contributed by atoms with Crippen molar-refractivity contribution in [2.75, 3.05) is 26.0 Å². The van der Waals surface area contributed by atoms with Gasteiger partial charge in [-0.25, -0.2) is 8.42 Å². The summed E-state index contributed by atoms with van der Waals surface area (Å²) >= 11 is 12.1. The van der Waals surface area contributed by atoms with Crippen molar-refractivity contribution in [3.05, 3.63) is 52.0 Å². The fourth-order valence-corrected chi connectivity index (χ4v) is 4.31. The first-order chi connectivity index (χ1) is 13.1. The monoisotopic (exact) mass is 444 g/mol. The van der Waals surface area contributed by atoms with Crippen LogP contribution in [-0.4, -0.2) is 39.3 Å². The van der Waals surface area contributed by atoms with Crippen LogP contribution in [0.25, 0.3) is 0 Å². The number of amides is 1. The number of halogens is 2. The summed E-state index contributed by atoms with van der Waals surface area (Å²) in [5.74, 6) is -0.221. The van der Waals surface area contributed by atoms with E-state index in [0.29, 0.717) is 0 Å². The van der Waals surface area contributed by atoms with Crippen LogP contribution in [0.2, 0.25) is 10.0 Å². The molecule has 152 valence electrons. The normalized spacial score (nSPS) is 11.7. The summed E-state index contributed by atoms with van der Waals surface area (Å²) in [7, 11) is -1.24. The summed E-state index contributed by atoms with van der Waals surface area (Å²) in [6, 6.07) is 9.79. The SMILES string of the molecule is COc1ccc(C(C)C)cc1S(=O)(=O)N(C)CC(=O)Nc1c(Cl)cccc1Cl. The molecule has 2 aromatic carbocycles. The van der Waals surface area contributed by atoms with E-state index in [0.717, 1.165) is 9.87 Å². The number of carbonyl (C=O) groups excluding carboxylic acids is 1. The molecule has 1 N–H and O–H groups in total. The topological polar surface area (TPSA) is 75.7 Å². The van der Waals surface area contributed by atoms with Crippen LogP contribution in [-0.2, 0) is 14.8 Å². The standard InChI is InChI=1S/C19H22Cl2N2O4S/c1-12(2)13-8-9-16(27-4)17(10-13)28(25,26)23(3)11-18(24)22-19-14(20)6-5-7-15(19)21/h5-10,12H,11H2,1-4H3,(H,22,24). The second-order valence-electron chi connectivity index (χ2n) is 6.47. The number of anilines is 1. The first kappa shape index (κ1) is 22.5. The molecule has 0 fully saturated rings. The van der Waals surface area contributed by atoms with Crippen LogP contribution in [0, 0.1) is 0 Å². The minimum atomic E-state index is -3.96. The third-order valence-electron chi connectivity index (χ3n) is 4.14. The maximum atomic E-state index is 13.0. The molecule has 2 rings (SSSR count). The molecule has 0 aliphatic carbocycles. The highest BCUT2D eigenvalue weighted by Gasteiger charge is 2.27. The molecule has 0 spiro atoms. The number of hydrogen-bond acceptors (Lipinski definition) is 4. The lowest BCUT2D eigenvalue weighted by Gasteiger charge is -2.20. The Bertz CT molecular complexity index is 958. The Hall–Kier alpha value is -1.80. The van der Waals surface area contributed by atoms with Gasteiger partial charge in [-0.1, -0.05) is 49.2 Å². The van der Waals surface area contributed by atoms with E-state index >= 15 is 0 Å². The largest absolute Gasteiger partial charge is 0.495 e. The number of para-hydroxylation sites is 1. The summed E-state index contributed by atoms with van der Waals surface area (Å²) in [4.78, 5) is 12.4. The van der Waals surface area contributed by atoms with E-state index in [1.807, 2.05) is 19.9 Å². The van der Waals surface area contributed by atoms with Gasteiger partial charge in [0.25, 0.3) is 0 Å². The second-order valence-corrected chi connectivity index (χ2v) is 9.30. The molecule has 28 heavy (non-hydrogen) atoms. The van der Waals surface area contributed by atoms with Gasteiger partial charge in [0.1, 0.15) is 10.6 Å². The summed E-state index contributed by atoms with van der Waals surface area (Å²) in [5.41, 5.74) is 1.08. The highest BCUT2D eigenvalue weighted by atomic mass is 35.5. The first-order valence-electron chi connectivity index (χ1n) is 8.46. The zero-order chi connectivity index (χ0) is 21.1. The van der Waals surface area contributed by atoms with Crippen molar-refractivity contribution in [2.24, 2.45) is 0 Å². The van der Waals surface area contributed by atoms with Crippen molar-refractivity contribution < 1.29 is 17.9 Å². The van der Waals surface area contributed by atoms with E-state index < -0.39 is 22.5 Å². The summed E-state index contributed by atoms with van der Waals surface area (Å²) in [6.07, 6.45) is 0. The van der Waals surface area contributed by atoms with Gasteiger partial charge in [-0.3, -0.25) is 4.79 Å². The van der Waals surface area contributed by atoms with E-state index in [1.165, 1.54) is 14.2 Å². The molecule has 0 aliphatic rings. The van der Waals surface area contributed by atoms with Crippen LogP contribution >= 0.6 is 23.2 Å². The maximum absolute atomic E-state index is 13.0. The summed E-state index contributed by atoms with van der Waals surface area (Å²) in [5, 5.41) is 3.07. The minimum Gasteiger partial charge on any atom is -0.495 e. The number of likely N-dealkylation sites (N-methyl/N-ethyl adjacent to an activating group) is 1. The number of benzene rings is 2. The fraction of sp³-hybridized carbons (Fsp3) is 0.316. The molecule has 0 heterocycles. The van der Waals surface area contributed by atoms with Crippen LogP contribution in [0.3, 0.4) is 0 Å². The van der Waals surface area contributed by atoms with Gasteiger partial charge in [-0.05, 0) is 35.7 Å². The van der Waals surface area contributed by atoms with Gasteiger partial charge in [-0.2, -0.15) is 4.31 Å². The molecular weight excluding hydrogens is 423 g/mol. The van der Waals surface area contributed by atoms with Crippen LogP contribution < -0.4 is 10.1 Å². The van der Waals surface area contributed by atoms with Crippen LogP contribution in [0.15, 0.2) is 41.3 Å². The van der Waals surface area contributed by atoms with Crippen LogP contribution in [0.1, 0.15) is 25.3 Å². The van der Waals surface area contributed by atoms with Gasteiger partial charge in [0.05, 0.1) is 29.4 Å². The van der Waals surface area contributed by atoms with Crippen LogP contribution in [0.4, 0.5) is 5.69 Å². The molecular formula is C19H22Cl2N2O4S. The first-order valence-corrected chi connectivity index (χ1v) is 10.7. The molecule has 0 unspecified atom stereocenters. The summed E-state index contributed by atoms with van der Waals surface area (Å²) < 4.78 is 32.2. The van der Waals surface area contributed by atoms with Crippen molar-refractivity contribution in [1.82, 2.24) is 4.31 Å². The molecule has 0 radical (unpaired) electrons. The molecule has 0 saturated heterocycles. The summed E-state index contributed by atoms with van der Waals surface area (Å²) in [6.45, 7) is 3.50. The Kier molecular flexibility index (Phi) is 7.33. The van der Waals surface area contributed by atoms with Crippen molar-refractivity contribution in [1.29, 1.82) is 0 Å². The Labute approximate surface area is 175 Å². The molecule has 2 aromatic rings. The Morgan fingerprint density at radius 3 is 2.32 bits per heavy atom. The van der Waals surface area contributed by atoms with E-state index in [2.05, 4.69) is 5.32 Å². The number of carbonyl (C=O) groups is 1. The van der Waals surface area contributed by atoms with Gasteiger partial charge in [0.2, 0.25) is 15.9 Å².